The lowest BCUT2D eigenvalue weighted by Gasteiger charge is -2.08. The molecule has 20 heavy (non-hydrogen) atoms. The van der Waals surface area contributed by atoms with Gasteiger partial charge in [0.15, 0.2) is 0 Å². The summed E-state index contributed by atoms with van der Waals surface area (Å²) < 4.78 is 1.83. The number of hydrogen-bond donors (Lipinski definition) is 2. The number of anilines is 2. The summed E-state index contributed by atoms with van der Waals surface area (Å²) in [7, 11) is 0. The van der Waals surface area contributed by atoms with Gasteiger partial charge in [-0.3, -0.25) is 4.79 Å². The maximum Gasteiger partial charge on any atom is 0.272 e. The predicted molar refractivity (Wildman–Crippen MR) is 78.2 cm³/mol. The second-order valence-corrected chi connectivity index (χ2v) is 4.50. The molecule has 2 rings (SSSR count). The van der Waals surface area contributed by atoms with Gasteiger partial charge in [0.2, 0.25) is 0 Å². The van der Waals surface area contributed by atoms with Crippen LogP contribution in [0.4, 0.5) is 11.4 Å². The molecule has 1 amide bonds. The molecular formula is C15H16N4O. The Labute approximate surface area is 117 Å². The molecule has 0 aliphatic heterocycles. The third-order valence-corrected chi connectivity index (χ3v) is 2.86. The highest BCUT2D eigenvalue weighted by atomic mass is 16.1. The fourth-order valence-corrected chi connectivity index (χ4v) is 2.01. The van der Waals surface area contributed by atoms with Gasteiger partial charge < -0.3 is 15.6 Å². The number of aryl methyl sites for hydroxylation is 1. The van der Waals surface area contributed by atoms with Crippen LogP contribution in [0.1, 0.15) is 29.4 Å². The first-order valence-electron chi connectivity index (χ1n) is 6.41. The van der Waals surface area contributed by atoms with Crippen molar-refractivity contribution < 1.29 is 4.79 Å². The van der Waals surface area contributed by atoms with Crippen LogP contribution in [0.3, 0.4) is 0 Å². The van der Waals surface area contributed by atoms with Crippen LogP contribution in [-0.2, 0) is 6.54 Å². The summed E-state index contributed by atoms with van der Waals surface area (Å²) in [6.07, 6.45) is 2.67. The quantitative estimate of drug-likeness (QED) is 0.893. The van der Waals surface area contributed by atoms with Crippen molar-refractivity contribution in [3.05, 3.63) is 47.8 Å². The van der Waals surface area contributed by atoms with E-state index in [9.17, 15) is 4.79 Å². The van der Waals surface area contributed by atoms with E-state index in [1.807, 2.05) is 17.6 Å². The van der Waals surface area contributed by atoms with Crippen LogP contribution >= 0.6 is 0 Å². The van der Waals surface area contributed by atoms with E-state index in [-0.39, 0.29) is 5.91 Å². The van der Waals surface area contributed by atoms with Gasteiger partial charge in [-0.15, -0.1) is 0 Å². The zero-order valence-corrected chi connectivity index (χ0v) is 11.3. The van der Waals surface area contributed by atoms with Crippen molar-refractivity contribution in [2.45, 2.75) is 19.9 Å². The van der Waals surface area contributed by atoms with Gasteiger partial charge in [-0.05, 0) is 30.7 Å². The van der Waals surface area contributed by atoms with Crippen molar-refractivity contribution in [1.29, 1.82) is 5.26 Å². The molecule has 1 aromatic carbocycles. The van der Waals surface area contributed by atoms with Crippen molar-refractivity contribution >= 4 is 17.3 Å². The number of carbonyl (C=O) groups is 1. The molecule has 2 aromatic rings. The van der Waals surface area contributed by atoms with Gasteiger partial charge in [0.05, 0.1) is 17.3 Å². The van der Waals surface area contributed by atoms with Gasteiger partial charge in [-0.25, -0.2) is 0 Å². The predicted octanol–water partition coefficient (Wildman–Crippen LogP) is 2.60. The molecule has 0 atom stereocenters. The summed E-state index contributed by atoms with van der Waals surface area (Å²) in [5, 5.41) is 11.6. The fourth-order valence-electron chi connectivity index (χ4n) is 2.01. The first-order valence-corrected chi connectivity index (χ1v) is 6.41. The number of rotatable bonds is 4. The number of nitriles is 1. The molecule has 0 saturated heterocycles. The number of nitrogens with one attached hydrogen (secondary N) is 1. The highest BCUT2D eigenvalue weighted by Crippen LogP contribution is 2.15. The Kier molecular flexibility index (Phi) is 4.06. The number of aromatic nitrogens is 1. The number of nitrogens with zero attached hydrogens (tertiary/aromatic N) is 2. The van der Waals surface area contributed by atoms with E-state index in [0.717, 1.165) is 13.0 Å². The van der Waals surface area contributed by atoms with Crippen LogP contribution in [0.5, 0.6) is 0 Å². The first-order chi connectivity index (χ1) is 9.63. The summed E-state index contributed by atoms with van der Waals surface area (Å²) in [6.45, 7) is 2.77. The standard InChI is InChI=1S/C15H16N4O/c1-2-6-19-10-12(17)8-14(19)15(20)18-13-5-3-4-11(7-13)9-16/h3-5,7-8,10H,2,6,17H2,1H3,(H,18,20). The molecule has 0 radical (unpaired) electrons. The first kappa shape index (κ1) is 13.7. The van der Waals surface area contributed by atoms with E-state index < -0.39 is 0 Å². The second kappa shape index (κ2) is 5.93. The van der Waals surface area contributed by atoms with Crippen LogP contribution < -0.4 is 11.1 Å². The lowest BCUT2D eigenvalue weighted by molar-refractivity contribution is 0.101. The van der Waals surface area contributed by atoms with Crippen LogP contribution in [-0.4, -0.2) is 10.5 Å². The molecule has 0 saturated carbocycles. The minimum absolute atomic E-state index is 0.231. The summed E-state index contributed by atoms with van der Waals surface area (Å²) in [4.78, 5) is 12.3. The molecular weight excluding hydrogens is 252 g/mol. The third kappa shape index (κ3) is 2.98. The van der Waals surface area contributed by atoms with Crippen LogP contribution in [0.15, 0.2) is 36.5 Å². The highest BCUT2D eigenvalue weighted by molar-refractivity contribution is 6.03. The van der Waals surface area contributed by atoms with Crippen LogP contribution in [0.25, 0.3) is 0 Å². The minimum Gasteiger partial charge on any atom is -0.397 e. The number of benzene rings is 1. The van der Waals surface area contributed by atoms with E-state index in [0.29, 0.717) is 22.6 Å². The topological polar surface area (TPSA) is 83.8 Å². The van der Waals surface area contributed by atoms with Gasteiger partial charge >= 0.3 is 0 Å². The van der Waals surface area contributed by atoms with Gasteiger partial charge in [0.1, 0.15) is 5.69 Å². The average molecular weight is 268 g/mol. The normalized spacial score (nSPS) is 10.0. The molecule has 5 nitrogen and oxygen atoms in total. The summed E-state index contributed by atoms with van der Waals surface area (Å²) in [6, 6.07) is 10.5. The molecule has 1 heterocycles. The van der Waals surface area contributed by atoms with E-state index in [1.165, 1.54) is 0 Å². The molecule has 0 aliphatic carbocycles. The monoisotopic (exact) mass is 268 g/mol. The van der Waals surface area contributed by atoms with E-state index >= 15 is 0 Å². The highest BCUT2D eigenvalue weighted by Gasteiger charge is 2.12. The van der Waals surface area contributed by atoms with Crippen molar-refractivity contribution in [3.63, 3.8) is 0 Å². The summed E-state index contributed by atoms with van der Waals surface area (Å²) >= 11 is 0. The second-order valence-electron chi connectivity index (χ2n) is 4.50. The maximum atomic E-state index is 12.3. The zero-order chi connectivity index (χ0) is 14.5. The zero-order valence-electron chi connectivity index (χ0n) is 11.3. The Morgan fingerprint density at radius 3 is 2.95 bits per heavy atom. The Morgan fingerprint density at radius 2 is 2.25 bits per heavy atom. The molecule has 0 fully saturated rings. The average Bonchev–Trinajstić information content (AvgIpc) is 2.80. The van der Waals surface area contributed by atoms with Gasteiger partial charge in [0, 0.05) is 18.4 Å². The lowest BCUT2D eigenvalue weighted by atomic mass is 10.2. The van der Waals surface area contributed by atoms with Crippen LogP contribution in [0, 0.1) is 11.3 Å². The molecule has 5 heteroatoms. The molecule has 0 unspecified atom stereocenters. The lowest BCUT2D eigenvalue weighted by Crippen LogP contribution is -2.16. The molecule has 1 aromatic heterocycles. The Morgan fingerprint density at radius 1 is 1.45 bits per heavy atom. The maximum absolute atomic E-state index is 12.3. The van der Waals surface area contributed by atoms with Crippen molar-refractivity contribution in [3.8, 4) is 6.07 Å². The Bertz CT molecular complexity index is 667. The molecule has 0 spiro atoms. The van der Waals surface area contributed by atoms with Crippen molar-refractivity contribution in [2.24, 2.45) is 0 Å². The molecule has 3 N–H and O–H groups in total. The molecule has 0 bridgehead atoms. The fraction of sp³-hybridized carbons (Fsp3) is 0.200. The minimum atomic E-state index is -0.231. The van der Waals surface area contributed by atoms with Gasteiger partial charge in [-0.2, -0.15) is 5.26 Å². The third-order valence-electron chi connectivity index (χ3n) is 2.86. The number of hydrogen-bond acceptors (Lipinski definition) is 3. The Balaban J connectivity index is 2.21. The molecule has 0 aliphatic rings. The SMILES string of the molecule is CCCn1cc(N)cc1C(=O)Nc1cccc(C#N)c1. The number of nitrogens with two attached hydrogens (primary N) is 1. The molecule has 102 valence electrons. The largest absolute Gasteiger partial charge is 0.397 e. The number of amides is 1. The van der Waals surface area contributed by atoms with Gasteiger partial charge in [0.25, 0.3) is 5.91 Å². The smallest absolute Gasteiger partial charge is 0.272 e. The van der Waals surface area contributed by atoms with Gasteiger partial charge in [-0.1, -0.05) is 13.0 Å². The summed E-state index contributed by atoms with van der Waals surface area (Å²) in [5.74, 6) is -0.231. The van der Waals surface area contributed by atoms with E-state index in [1.54, 1.807) is 36.5 Å². The van der Waals surface area contributed by atoms with E-state index in [2.05, 4.69) is 5.32 Å². The number of carbonyl (C=O) groups excluding carboxylic acids is 1. The van der Waals surface area contributed by atoms with E-state index in [4.69, 9.17) is 11.0 Å². The van der Waals surface area contributed by atoms with Crippen molar-refractivity contribution in [2.75, 3.05) is 11.1 Å². The number of nitrogen functional groups attached to an aromatic ring is 1. The Hall–Kier alpha value is -2.74. The van der Waals surface area contributed by atoms with Crippen LogP contribution in [0.2, 0.25) is 0 Å². The summed E-state index contributed by atoms with van der Waals surface area (Å²) in [5.41, 5.74) is 7.93. The van der Waals surface area contributed by atoms with Crippen molar-refractivity contribution in [1.82, 2.24) is 4.57 Å².